The second-order valence-corrected chi connectivity index (χ2v) is 4.94. The summed E-state index contributed by atoms with van der Waals surface area (Å²) in [5.74, 6) is 0.495. The van der Waals surface area contributed by atoms with Crippen LogP contribution in [-0.4, -0.2) is 29.5 Å². The van der Waals surface area contributed by atoms with Crippen LogP contribution in [-0.2, 0) is 4.74 Å². The van der Waals surface area contributed by atoms with Gasteiger partial charge in [-0.3, -0.25) is 0 Å². The molecule has 2 fully saturated rings. The SMILES string of the molecule is CC1OCCC1C1(N)CCC(O)CC1. The molecule has 2 aliphatic rings. The molecule has 0 amide bonds. The molecule has 1 aliphatic carbocycles. The van der Waals surface area contributed by atoms with Gasteiger partial charge in [0.15, 0.2) is 0 Å². The standard InChI is InChI=1S/C11H21NO2/c1-8-10(4-7-14-8)11(12)5-2-9(13)3-6-11/h8-10,13H,2-7,12H2,1H3. The van der Waals surface area contributed by atoms with E-state index < -0.39 is 0 Å². The Balaban J connectivity index is 2.01. The van der Waals surface area contributed by atoms with Crippen molar-refractivity contribution in [2.75, 3.05) is 6.61 Å². The minimum atomic E-state index is -0.121. The lowest BCUT2D eigenvalue weighted by molar-refractivity contribution is 0.0404. The smallest absolute Gasteiger partial charge is 0.0593 e. The number of rotatable bonds is 1. The molecule has 1 aliphatic heterocycles. The van der Waals surface area contributed by atoms with Crippen molar-refractivity contribution in [2.45, 2.75) is 56.8 Å². The van der Waals surface area contributed by atoms with Crippen molar-refractivity contribution in [1.82, 2.24) is 0 Å². The van der Waals surface area contributed by atoms with E-state index in [1.54, 1.807) is 0 Å². The van der Waals surface area contributed by atoms with Gasteiger partial charge >= 0.3 is 0 Å². The Morgan fingerprint density at radius 3 is 2.43 bits per heavy atom. The van der Waals surface area contributed by atoms with Gasteiger partial charge in [-0.25, -0.2) is 0 Å². The van der Waals surface area contributed by atoms with Crippen LogP contribution < -0.4 is 5.73 Å². The first-order valence-corrected chi connectivity index (χ1v) is 5.70. The number of ether oxygens (including phenoxy) is 1. The zero-order chi connectivity index (χ0) is 10.2. The van der Waals surface area contributed by atoms with Crippen molar-refractivity contribution in [3.63, 3.8) is 0 Å². The molecule has 2 rings (SSSR count). The van der Waals surface area contributed by atoms with E-state index in [0.717, 1.165) is 38.7 Å². The van der Waals surface area contributed by atoms with Crippen molar-refractivity contribution in [3.8, 4) is 0 Å². The zero-order valence-corrected chi connectivity index (χ0v) is 8.91. The Kier molecular flexibility index (Phi) is 2.82. The molecule has 2 atom stereocenters. The maximum atomic E-state index is 9.46. The predicted molar refractivity (Wildman–Crippen MR) is 54.9 cm³/mol. The number of hydrogen-bond acceptors (Lipinski definition) is 3. The second kappa shape index (κ2) is 3.80. The van der Waals surface area contributed by atoms with Crippen molar-refractivity contribution in [2.24, 2.45) is 11.7 Å². The van der Waals surface area contributed by atoms with Crippen LogP contribution in [0.15, 0.2) is 0 Å². The molecule has 0 radical (unpaired) electrons. The van der Waals surface area contributed by atoms with Crippen LogP contribution in [0.5, 0.6) is 0 Å². The fraction of sp³-hybridized carbons (Fsp3) is 1.00. The molecule has 0 aromatic carbocycles. The first-order chi connectivity index (χ1) is 6.62. The maximum absolute atomic E-state index is 9.46. The third-order valence-corrected chi connectivity index (χ3v) is 4.00. The van der Waals surface area contributed by atoms with Gasteiger partial charge < -0.3 is 15.6 Å². The van der Waals surface area contributed by atoms with Crippen LogP contribution in [0, 0.1) is 5.92 Å². The molecular formula is C11H21NO2. The van der Waals surface area contributed by atoms with E-state index in [1.165, 1.54) is 0 Å². The molecule has 3 N–H and O–H groups in total. The highest BCUT2D eigenvalue weighted by atomic mass is 16.5. The Morgan fingerprint density at radius 1 is 1.29 bits per heavy atom. The topological polar surface area (TPSA) is 55.5 Å². The van der Waals surface area contributed by atoms with Gasteiger partial charge in [0.05, 0.1) is 12.2 Å². The van der Waals surface area contributed by atoms with Gasteiger partial charge in [0.1, 0.15) is 0 Å². The summed E-state index contributed by atoms with van der Waals surface area (Å²) in [4.78, 5) is 0. The monoisotopic (exact) mass is 199 g/mol. The summed E-state index contributed by atoms with van der Waals surface area (Å²) in [7, 11) is 0. The summed E-state index contributed by atoms with van der Waals surface area (Å²) in [6.07, 6.45) is 4.89. The highest BCUT2D eigenvalue weighted by molar-refractivity contribution is 4.99. The predicted octanol–water partition coefficient (Wildman–Crippen LogP) is 1.04. The molecule has 1 saturated carbocycles. The molecule has 3 nitrogen and oxygen atoms in total. The van der Waals surface area contributed by atoms with E-state index in [2.05, 4.69) is 6.92 Å². The highest BCUT2D eigenvalue weighted by Crippen LogP contribution is 2.39. The number of hydrogen-bond donors (Lipinski definition) is 2. The normalized spacial score (nSPS) is 49.5. The van der Waals surface area contributed by atoms with E-state index in [0.29, 0.717) is 12.0 Å². The molecule has 0 spiro atoms. The molecule has 0 aromatic rings. The van der Waals surface area contributed by atoms with Gasteiger partial charge in [-0.1, -0.05) is 0 Å². The molecule has 3 heteroatoms. The van der Waals surface area contributed by atoms with Crippen molar-refractivity contribution >= 4 is 0 Å². The first-order valence-electron chi connectivity index (χ1n) is 5.70. The summed E-state index contributed by atoms with van der Waals surface area (Å²) in [6, 6.07) is 0. The number of aliphatic hydroxyl groups excluding tert-OH is 1. The minimum absolute atomic E-state index is 0.0743. The third kappa shape index (κ3) is 1.81. The first kappa shape index (κ1) is 10.4. The third-order valence-electron chi connectivity index (χ3n) is 4.00. The second-order valence-electron chi connectivity index (χ2n) is 4.94. The molecule has 0 bridgehead atoms. The van der Waals surface area contributed by atoms with Gasteiger partial charge in [-0.05, 0) is 39.0 Å². The summed E-state index contributed by atoms with van der Waals surface area (Å²) in [5, 5.41) is 9.46. The van der Waals surface area contributed by atoms with Crippen LogP contribution in [0.3, 0.4) is 0 Å². The van der Waals surface area contributed by atoms with Crippen molar-refractivity contribution in [1.29, 1.82) is 0 Å². The van der Waals surface area contributed by atoms with E-state index >= 15 is 0 Å². The lowest BCUT2D eigenvalue weighted by Crippen LogP contribution is -2.52. The van der Waals surface area contributed by atoms with Gasteiger partial charge in [0.2, 0.25) is 0 Å². The van der Waals surface area contributed by atoms with Crippen LogP contribution in [0.4, 0.5) is 0 Å². The summed E-state index contributed by atoms with van der Waals surface area (Å²) < 4.78 is 5.57. The van der Waals surface area contributed by atoms with Gasteiger partial charge in [-0.15, -0.1) is 0 Å². The van der Waals surface area contributed by atoms with Crippen LogP contribution in [0.2, 0.25) is 0 Å². The molecule has 0 aromatic heterocycles. The molecule has 1 heterocycles. The number of nitrogens with two attached hydrogens (primary N) is 1. The quantitative estimate of drug-likeness (QED) is 0.663. The largest absolute Gasteiger partial charge is 0.393 e. The molecule has 2 unspecified atom stereocenters. The van der Waals surface area contributed by atoms with Gasteiger partial charge in [0.25, 0.3) is 0 Å². The van der Waals surface area contributed by atoms with Crippen LogP contribution >= 0.6 is 0 Å². The molecular weight excluding hydrogens is 178 g/mol. The summed E-state index contributed by atoms with van der Waals surface area (Å²) in [6.45, 7) is 2.98. The van der Waals surface area contributed by atoms with E-state index in [4.69, 9.17) is 10.5 Å². The van der Waals surface area contributed by atoms with Gasteiger partial charge in [0, 0.05) is 18.1 Å². The fourth-order valence-electron chi connectivity index (χ4n) is 3.00. The van der Waals surface area contributed by atoms with E-state index in [-0.39, 0.29) is 11.6 Å². The maximum Gasteiger partial charge on any atom is 0.0593 e. The fourth-order valence-corrected chi connectivity index (χ4v) is 3.00. The Hall–Kier alpha value is -0.120. The molecule has 82 valence electrons. The average Bonchev–Trinajstić information content (AvgIpc) is 2.58. The lowest BCUT2D eigenvalue weighted by atomic mass is 9.70. The van der Waals surface area contributed by atoms with Crippen LogP contribution in [0.1, 0.15) is 39.0 Å². The molecule has 1 saturated heterocycles. The number of aliphatic hydroxyl groups is 1. The highest BCUT2D eigenvalue weighted by Gasteiger charge is 2.43. The Morgan fingerprint density at radius 2 is 1.93 bits per heavy atom. The van der Waals surface area contributed by atoms with Crippen molar-refractivity contribution < 1.29 is 9.84 Å². The Labute approximate surface area is 85.6 Å². The van der Waals surface area contributed by atoms with Gasteiger partial charge in [-0.2, -0.15) is 0 Å². The summed E-state index contributed by atoms with van der Waals surface area (Å²) in [5.41, 5.74) is 6.35. The zero-order valence-electron chi connectivity index (χ0n) is 8.91. The summed E-state index contributed by atoms with van der Waals surface area (Å²) >= 11 is 0. The Bertz CT molecular complexity index is 199. The van der Waals surface area contributed by atoms with E-state index in [1.807, 2.05) is 0 Å². The minimum Gasteiger partial charge on any atom is -0.393 e. The van der Waals surface area contributed by atoms with Crippen LogP contribution in [0.25, 0.3) is 0 Å². The molecule has 14 heavy (non-hydrogen) atoms. The van der Waals surface area contributed by atoms with Crippen molar-refractivity contribution in [3.05, 3.63) is 0 Å². The average molecular weight is 199 g/mol. The lowest BCUT2D eigenvalue weighted by Gasteiger charge is -2.41. The van der Waals surface area contributed by atoms with E-state index in [9.17, 15) is 5.11 Å².